The molecule has 1 rings (SSSR count). The minimum absolute atomic E-state index is 0.607. The van der Waals surface area contributed by atoms with Gasteiger partial charge in [-0.3, -0.25) is 0 Å². The highest BCUT2D eigenvalue weighted by molar-refractivity contribution is 5.79. The number of benzene rings is 1. The van der Waals surface area contributed by atoms with Crippen LogP contribution < -0.4 is 15.4 Å². The van der Waals surface area contributed by atoms with Crippen molar-refractivity contribution >= 4 is 5.96 Å². The minimum Gasteiger partial charge on any atom is -0.497 e. The topological polar surface area (TPSA) is 48.9 Å². The first-order chi connectivity index (χ1) is 11.1. The first-order valence-corrected chi connectivity index (χ1v) is 8.46. The predicted octanol–water partition coefficient (Wildman–Crippen LogP) is 2.48. The summed E-state index contributed by atoms with van der Waals surface area (Å²) >= 11 is 0. The smallest absolute Gasteiger partial charge is 0.191 e. The Kier molecular flexibility index (Phi) is 9.14. The molecule has 0 aliphatic heterocycles. The monoisotopic (exact) mass is 320 g/mol. The molecule has 1 aromatic rings. The number of rotatable bonds is 9. The Bertz CT molecular complexity index is 459. The molecule has 0 aliphatic rings. The van der Waals surface area contributed by atoms with E-state index in [0.29, 0.717) is 12.6 Å². The van der Waals surface area contributed by atoms with Crippen molar-refractivity contribution in [3.8, 4) is 5.75 Å². The number of hydrogen-bond acceptors (Lipinski definition) is 3. The standard InChI is InChI=1S/C18H32N4O/c1-6-15(3)22(4)13-12-20-18(19-7-2)21-14-16-8-10-17(23-5)11-9-16/h8-11,15H,6-7,12-14H2,1-5H3,(H2,19,20,21). The van der Waals surface area contributed by atoms with Crippen molar-refractivity contribution in [2.75, 3.05) is 33.8 Å². The van der Waals surface area contributed by atoms with Crippen molar-refractivity contribution in [1.29, 1.82) is 0 Å². The fourth-order valence-corrected chi connectivity index (χ4v) is 2.13. The lowest BCUT2D eigenvalue weighted by Crippen LogP contribution is -2.42. The van der Waals surface area contributed by atoms with E-state index < -0.39 is 0 Å². The van der Waals surface area contributed by atoms with Crippen molar-refractivity contribution < 1.29 is 4.74 Å². The molecule has 0 fully saturated rings. The molecule has 1 unspecified atom stereocenters. The Balaban J connectivity index is 2.49. The number of likely N-dealkylation sites (N-methyl/N-ethyl adjacent to an activating group) is 1. The van der Waals surface area contributed by atoms with Gasteiger partial charge in [0.1, 0.15) is 5.75 Å². The molecule has 0 bridgehead atoms. The normalized spacial score (nSPS) is 13.0. The first kappa shape index (κ1) is 19.3. The minimum atomic E-state index is 0.607. The zero-order chi connectivity index (χ0) is 17.1. The molecular weight excluding hydrogens is 288 g/mol. The highest BCUT2D eigenvalue weighted by Gasteiger charge is 2.06. The van der Waals surface area contributed by atoms with Gasteiger partial charge in [0.2, 0.25) is 0 Å². The van der Waals surface area contributed by atoms with Crippen LogP contribution >= 0.6 is 0 Å². The molecular formula is C18H32N4O. The van der Waals surface area contributed by atoms with E-state index in [9.17, 15) is 0 Å². The summed E-state index contributed by atoms with van der Waals surface area (Å²) in [6.07, 6.45) is 1.17. The summed E-state index contributed by atoms with van der Waals surface area (Å²) < 4.78 is 5.17. The van der Waals surface area contributed by atoms with Gasteiger partial charge < -0.3 is 20.3 Å². The average molecular weight is 320 g/mol. The van der Waals surface area contributed by atoms with E-state index in [0.717, 1.165) is 31.3 Å². The summed E-state index contributed by atoms with van der Waals surface area (Å²) in [7, 11) is 3.84. The van der Waals surface area contributed by atoms with Crippen LogP contribution in [0.15, 0.2) is 29.3 Å². The molecule has 0 aliphatic carbocycles. The Hall–Kier alpha value is -1.75. The molecule has 5 heteroatoms. The first-order valence-electron chi connectivity index (χ1n) is 8.46. The van der Waals surface area contributed by atoms with Crippen molar-refractivity contribution in [2.45, 2.75) is 39.8 Å². The van der Waals surface area contributed by atoms with Gasteiger partial charge in [0.15, 0.2) is 5.96 Å². The lowest BCUT2D eigenvalue weighted by molar-refractivity contribution is 0.255. The van der Waals surface area contributed by atoms with Gasteiger partial charge in [-0.1, -0.05) is 19.1 Å². The van der Waals surface area contributed by atoms with Gasteiger partial charge in [-0.15, -0.1) is 0 Å². The molecule has 0 amide bonds. The van der Waals surface area contributed by atoms with E-state index in [1.807, 2.05) is 24.3 Å². The third-order valence-corrected chi connectivity index (χ3v) is 4.02. The lowest BCUT2D eigenvalue weighted by atomic mass is 10.2. The summed E-state index contributed by atoms with van der Waals surface area (Å²) in [5, 5.41) is 6.68. The Morgan fingerprint density at radius 3 is 2.48 bits per heavy atom. The third-order valence-electron chi connectivity index (χ3n) is 4.02. The fourth-order valence-electron chi connectivity index (χ4n) is 2.13. The lowest BCUT2D eigenvalue weighted by Gasteiger charge is -2.24. The van der Waals surface area contributed by atoms with Crippen LogP contribution in [0.3, 0.4) is 0 Å². The van der Waals surface area contributed by atoms with Gasteiger partial charge in [0.05, 0.1) is 13.7 Å². The van der Waals surface area contributed by atoms with Crippen LogP contribution in [0.25, 0.3) is 0 Å². The molecule has 1 atom stereocenters. The number of ether oxygens (including phenoxy) is 1. The zero-order valence-corrected chi connectivity index (χ0v) is 15.2. The molecule has 0 aromatic heterocycles. The maximum atomic E-state index is 5.17. The molecule has 2 N–H and O–H groups in total. The van der Waals surface area contributed by atoms with Crippen LogP contribution in [0.4, 0.5) is 0 Å². The summed E-state index contributed by atoms with van der Waals surface area (Å²) in [6, 6.07) is 8.62. The Labute approximate surface area is 141 Å². The van der Waals surface area contributed by atoms with Gasteiger partial charge >= 0.3 is 0 Å². The molecule has 0 spiro atoms. The molecule has 23 heavy (non-hydrogen) atoms. The molecule has 5 nitrogen and oxygen atoms in total. The van der Waals surface area contributed by atoms with Crippen molar-refractivity contribution in [3.05, 3.63) is 29.8 Å². The second kappa shape index (κ2) is 10.9. The van der Waals surface area contributed by atoms with E-state index in [4.69, 9.17) is 4.74 Å². The number of nitrogens with one attached hydrogen (secondary N) is 2. The van der Waals surface area contributed by atoms with Crippen LogP contribution in [0.2, 0.25) is 0 Å². The summed E-state index contributed by atoms with van der Waals surface area (Å²) in [4.78, 5) is 7.00. The number of guanidine groups is 1. The summed E-state index contributed by atoms with van der Waals surface area (Å²) in [6.45, 7) is 9.95. The van der Waals surface area contributed by atoms with Gasteiger partial charge in [0, 0.05) is 25.7 Å². The highest BCUT2D eigenvalue weighted by atomic mass is 16.5. The second-order valence-electron chi connectivity index (χ2n) is 5.71. The van der Waals surface area contributed by atoms with Gasteiger partial charge in [-0.25, -0.2) is 4.99 Å². The van der Waals surface area contributed by atoms with Crippen molar-refractivity contribution in [3.63, 3.8) is 0 Å². The number of methoxy groups -OCH3 is 1. The van der Waals surface area contributed by atoms with Crippen molar-refractivity contribution in [1.82, 2.24) is 15.5 Å². The largest absolute Gasteiger partial charge is 0.497 e. The van der Waals surface area contributed by atoms with Gasteiger partial charge in [-0.2, -0.15) is 0 Å². The van der Waals surface area contributed by atoms with Crippen molar-refractivity contribution in [2.24, 2.45) is 4.99 Å². The molecule has 0 heterocycles. The summed E-state index contributed by atoms with van der Waals surface area (Å²) in [5.74, 6) is 1.73. The van der Waals surface area contributed by atoms with Crippen LogP contribution in [0.1, 0.15) is 32.8 Å². The zero-order valence-electron chi connectivity index (χ0n) is 15.2. The fraction of sp³-hybridized carbons (Fsp3) is 0.611. The van der Waals surface area contributed by atoms with Crippen LogP contribution in [-0.4, -0.2) is 50.7 Å². The van der Waals surface area contributed by atoms with E-state index in [1.165, 1.54) is 12.0 Å². The highest BCUT2D eigenvalue weighted by Crippen LogP contribution is 2.11. The molecule has 1 aromatic carbocycles. The van der Waals surface area contributed by atoms with Gasteiger partial charge in [-0.05, 0) is 45.0 Å². The predicted molar refractivity (Wildman–Crippen MR) is 98.2 cm³/mol. The molecule has 0 saturated carbocycles. The quantitative estimate of drug-likeness (QED) is 0.542. The average Bonchev–Trinajstić information content (AvgIpc) is 2.59. The van der Waals surface area contributed by atoms with E-state index in [1.54, 1.807) is 7.11 Å². The number of nitrogens with zero attached hydrogens (tertiary/aromatic N) is 2. The van der Waals surface area contributed by atoms with E-state index in [2.05, 4.69) is 48.3 Å². The maximum absolute atomic E-state index is 5.17. The molecule has 0 saturated heterocycles. The Morgan fingerprint density at radius 2 is 1.91 bits per heavy atom. The maximum Gasteiger partial charge on any atom is 0.191 e. The number of aliphatic imine (C=N–C) groups is 1. The molecule has 0 radical (unpaired) electrons. The SMILES string of the molecule is CCNC(=NCc1ccc(OC)cc1)NCCN(C)C(C)CC. The second-order valence-corrected chi connectivity index (χ2v) is 5.71. The number of hydrogen-bond donors (Lipinski definition) is 2. The molecule has 130 valence electrons. The van der Waals surface area contributed by atoms with E-state index >= 15 is 0 Å². The van der Waals surface area contributed by atoms with E-state index in [-0.39, 0.29) is 0 Å². The Morgan fingerprint density at radius 1 is 1.22 bits per heavy atom. The van der Waals surface area contributed by atoms with Crippen LogP contribution in [0.5, 0.6) is 5.75 Å². The van der Waals surface area contributed by atoms with Crippen LogP contribution in [-0.2, 0) is 6.54 Å². The van der Waals surface area contributed by atoms with Crippen LogP contribution in [0, 0.1) is 0 Å². The van der Waals surface area contributed by atoms with Gasteiger partial charge in [0.25, 0.3) is 0 Å². The summed E-state index contributed by atoms with van der Waals surface area (Å²) in [5.41, 5.74) is 1.17. The third kappa shape index (κ3) is 7.37.